The lowest BCUT2D eigenvalue weighted by molar-refractivity contribution is 0.219. The van der Waals surface area contributed by atoms with Gasteiger partial charge in [-0.15, -0.1) is 0 Å². The van der Waals surface area contributed by atoms with E-state index in [0.29, 0.717) is 31.7 Å². The number of hydrogen-bond acceptors (Lipinski definition) is 4. The van der Waals surface area contributed by atoms with Crippen molar-refractivity contribution < 1.29 is 18.3 Å². The minimum absolute atomic E-state index is 0.0334. The highest BCUT2D eigenvalue weighted by molar-refractivity contribution is 7.88. The first-order valence-corrected chi connectivity index (χ1v) is 8.49. The number of aliphatic hydroxyl groups excluding tert-OH is 1. The first-order chi connectivity index (χ1) is 10.0. The molecule has 5 nitrogen and oxygen atoms in total. The minimum atomic E-state index is -3.33. The topological polar surface area (TPSA) is 66.8 Å². The zero-order valence-corrected chi connectivity index (χ0v) is 13.0. The molecule has 1 aliphatic rings. The van der Waals surface area contributed by atoms with E-state index in [-0.39, 0.29) is 12.4 Å². The number of benzene rings is 1. The molecule has 0 radical (unpaired) electrons. The highest BCUT2D eigenvalue weighted by Gasteiger charge is 2.24. The van der Waals surface area contributed by atoms with Crippen molar-refractivity contribution in [1.82, 2.24) is 4.31 Å². The third-order valence-electron chi connectivity index (χ3n) is 3.51. The van der Waals surface area contributed by atoms with Crippen molar-refractivity contribution in [3.63, 3.8) is 0 Å². The quantitative estimate of drug-likeness (QED) is 0.804. The fourth-order valence-electron chi connectivity index (χ4n) is 2.38. The molecule has 0 unspecified atom stereocenters. The second-order valence-corrected chi connectivity index (χ2v) is 7.11. The molecule has 2 rings (SSSR count). The van der Waals surface area contributed by atoms with Gasteiger partial charge in [0.15, 0.2) is 0 Å². The molecule has 116 valence electrons. The average Bonchev–Trinajstić information content (AvgIpc) is 2.48. The largest absolute Gasteiger partial charge is 0.392 e. The van der Waals surface area contributed by atoms with E-state index in [1.54, 1.807) is 31.4 Å². The van der Waals surface area contributed by atoms with E-state index in [0.717, 1.165) is 11.1 Å². The zero-order chi connectivity index (χ0) is 15.3. The summed E-state index contributed by atoms with van der Waals surface area (Å²) in [6.07, 6.45) is 2.64. The second kappa shape index (κ2) is 7.17. The van der Waals surface area contributed by atoms with E-state index in [1.807, 2.05) is 6.08 Å². The van der Waals surface area contributed by atoms with Crippen molar-refractivity contribution in [3.8, 4) is 0 Å². The van der Waals surface area contributed by atoms with Gasteiger partial charge in [0.1, 0.15) is 0 Å². The van der Waals surface area contributed by atoms with Gasteiger partial charge in [-0.05, 0) is 23.1 Å². The number of aliphatic hydroxyl groups is 1. The van der Waals surface area contributed by atoms with Crippen LogP contribution in [0.5, 0.6) is 0 Å². The Hall–Kier alpha value is -1.21. The number of sulfonamides is 1. The molecule has 0 aliphatic carbocycles. The van der Waals surface area contributed by atoms with Crippen LogP contribution in [-0.2, 0) is 27.1 Å². The van der Waals surface area contributed by atoms with E-state index in [4.69, 9.17) is 9.84 Å². The molecule has 1 aromatic rings. The van der Waals surface area contributed by atoms with Gasteiger partial charge >= 0.3 is 0 Å². The molecule has 1 N–H and O–H groups in total. The van der Waals surface area contributed by atoms with Gasteiger partial charge in [-0.3, -0.25) is 0 Å². The molecule has 1 aliphatic heterocycles. The molecular formula is C15H21NO4S. The number of rotatable bonds is 6. The lowest BCUT2D eigenvalue weighted by atomic mass is 10.1. The lowest BCUT2D eigenvalue weighted by Gasteiger charge is -2.25. The Morgan fingerprint density at radius 1 is 1.33 bits per heavy atom. The summed E-state index contributed by atoms with van der Waals surface area (Å²) < 4.78 is 31.4. The summed E-state index contributed by atoms with van der Waals surface area (Å²) in [5.74, 6) is -0.0334. The average molecular weight is 311 g/mol. The van der Waals surface area contributed by atoms with E-state index in [9.17, 15) is 8.42 Å². The molecule has 6 heteroatoms. The Labute approximate surface area is 125 Å². The summed E-state index contributed by atoms with van der Waals surface area (Å²) in [4.78, 5) is 0. The zero-order valence-electron chi connectivity index (χ0n) is 12.2. The van der Waals surface area contributed by atoms with E-state index in [2.05, 4.69) is 0 Å². The van der Waals surface area contributed by atoms with Crippen LogP contribution in [0.25, 0.3) is 0 Å². The first kappa shape index (κ1) is 16.2. The van der Waals surface area contributed by atoms with Gasteiger partial charge in [-0.25, -0.2) is 8.42 Å². The molecule has 0 amide bonds. The Bertz CT molecular complexity index is 610. The van der Waals surface area contributed by atoms with Crippen LogP contribution in [0.4, 0.5) is 0 Å². The van der Waals surface area contributed by atoms with E-state index in [1.165, 1.54) is 4.31 Å². The molecule has 1 heterocycles. The Morgan fingerprint density at radius 3 is 2.71 bits per heavy atom. The second-order valence-electron chi connectivity index (χ2n) is 5.14. The summed E-state index contributed by atoms with van der Waals surface area (Å²) in [5.41, 5.74) is 2.57. The fraction of sp³-hybridized carbons (Fsp3) is 0.467. The molecule has 0 saturated heterocycles. The van der Waals surface area contributed by atoms with Gasteiger partial charge in [0.25, 0.3) is 0 Å². The molecule has 21 heavy (non-hydrogen) atoms. The van der Waals surface area contributed by atoms with Crippen molar-refractivity contribution in [2.45, 2.75) is 18.8 Å². The smallest absolute Gasteiger partial charge is 0.218 e. The van der Waals surface area contributed by atoms with Crippen molar-refractivity contribution >= 4 is 10.0 Å². The van der Waals surface area contributed by atoms with Crippen LogP contribution in [0, 0.1) is 0 Å². The van der Waals surface area contributed by atoms with E-state index >= 15 is 0 Å². The van der Waals surface area contributed by atoms with Crippen LogP contribution in [0.3, 0.4) is 0 Å². The summed E-state index contributed by atoms with van der Waals surface area (Å²) in [6.45, 7) is 1.38. The molecule has 0 saturated carbocycles. The van der Waals surface area contributed by atoms with Crippen molar-refractivity contribution in [2.75, 3.05) is 26.8 Å². The normalized spacial score (nSPS) is 16.8. The third-order valence-corrected chi connectivity index (χ3v) is 5.33. The minimum Gasteiger partial charge on any atom is -0.392 e. The highest BCUT2D eigenvalue weighted by atomic mass is 32.2. The number of methoxy groups -OCH3 is 1. The summed E-state index contributed by atoms with van der Waals surface area (Å²) >= 11 is 0. The van der Waals surface area contributed by atoms with Gasteiger partial charge in [-0.2, -0.15) is 4.31 Å². The monoisotopic (exact) mass is 311 g/mol. The molecule has 0 aromatic heterocycles. The summed E-state index contributed by atoms with van der Waals surface area (Å²) in [6, 6.07) is 7.04. The standard InChI is InChI=1S/C15H21NO4S/c1-20-11-13-5-7-16(8-6-13)21(18,19)12-15-4-2-3-14(9-15)10-17/h2-5,9,17H,6-8,10-12H2,1H3. The molecule has 1 aromatic carbocycles. The van der Waals surface area contributed by atoms with Crippen molar-refractivity contribution in [1.29, 1.82) is 0 Å². The molecule has 0 fully saturated rings. The summed E-state index contributed by atoms with van der Waals surface area (Å²) in [7, 11) is -1.70. The van der Waals surface area contributed by atoms with Crippen LogP contribution < -0.4 is 0 Å². The van der Waals surface area contributed by atoms with Crippen LogP contribution in [0.1, 0.15) is 17.5 Å². The molecule has 0 spiro atoms. The van der Waals surface area contributed by atoms with Crippen LogP contribution in [0.2, 0.25) is 0 Å². The lowest BCUT2D eigenvalue weighted by Crippen LogP contribution is -2.36. The Balaban J connectivity index is 2.05. The number of nitrogens with zero attached hydrogens (tertiary/aromatic N) is 1. The third kappa shape index (κ3) is 4.38. The van der Waals surface area contributed by atoms with Gasteiger partial charge < -0.3 is 9.84 Å². The van der Waals surface area contributed by atoms with Crippen LogP contribution in [0.15, 0.2) is 35.9 Å². The predicted molar refractivity (Wildman–Crippen MR) is 81.1 cm³/mol. The number of ether oxygens (including phenoxy) is 1. The Kier molecular flexibility index (Phi) is 5.52. The maximum atomic E-state index is 12.4. The molecule has 0 atom stereocenters. The van der Waals surface area contributed by atoms with Crippen molar-refractivity contribution in [3.05, 3.63) is 47.0 Å². The van der Waals surface area contributed by atoms with Gasteiger partial charge in [0.2, 0.25) is 10.0 Å². The van der Waals surface area contributed by atoms with Crippen molar-refractivity contribution in [2.24, 2.45) is 0 Å². The maximum Gasteiger partial charge on any atom is 0.218 e. The highest BCUT2D eigenvalue weighted by Crippen LogP contribution is 2.18. The van der Waals surface area contributed by atoms with Gasteiger partial charge in [-0.1, -0.05) is 30.3 Å². The van der Waals surface area contributed by atoms with Gasteiger partial charge in [0, 0.05) is 20.2 Å². The van der Waals surface area contributed by atoms with Crippen LogP contribution >= 0.6 is 0 Å². The predicted octanol–water partition coefficient (Wildman–Crippen LogP) is 1.29. The maximum absolute atomic E-state index is 12.4. The fourth-order valence-corrected chi connectivity index (χ4v) is 3.84. The molecule has 0 bridgehead atoms. The van der Waals surface area contributed by atoms with E-state index < -0.39 is 10.0 Å². The molecular weight excluding hydrogens is 290 g/mol. The van der Waals surface area contributed by atoms with Gasteiger partial charge in [0.05, 0.1) is 19.0 Å². The van der Waals surface area contributed by atoms with Crippen LogP contribution in [-0.4, -0.2) is 44.6 Å². The summed E-state index contributed by atoms with van der Waals surface area (Å²) in [5, 5.41) is 9.11. The Morgan fingerprint density at radius 2 is 2.10 bits per heavy atom. The SMILES string of the molecule is COCC1=CCN(S(=O)(=O)Cc2cccc(CO)c2)CC1. The first-order valence-electron chi connectivity index (χ1n) is 6.88. The number of hydrogen-bond donors (Lipinski definition) is 1.